The fourth-order valence-electron chi connectivity index (χ4n) is 16.4. The van der Waals surface area contributed by atoms with Crippen LogP contribution >= 0.6 is 0 Å². The molecule has 5 aliphatic carbocycles. The number of nitrogens with zero attached hydrogens (tertiary/aromatic N) is 1. The van der Waals surface area contributed by atoms with Crippen molar-refractivity contribution in [2.45, 2.75) is 273 Å². The van der Waals surface area contributed by atoms with Crippen LogP contribution < -0.4 is 0 Å². The van der Waals surface area contributed by atoms with E-state index in [1.807, 2.05) is 14.1 Å². The van der Waals surface area contributed by atoms with E-state index in [2.05, 4.69) is 72.4 Å². The molecule has 0 saturated heterocycles. The minimum atomic E-state index is -0.341. The Morgan fingerprint density at radius 2 is 1.27 bits per heavy atom. The van der Waals surface area contributed by atoms with Crippen molar-refractivity contribution >= 4 is 29.8 Å². The zero-order valence-electron chi connectivity index (χ0n) is 52.1. The highest BCUT2D eigenvalue weighted by molar-refractivity contribution is 5.71. The minimum absolute atomic E-state index is 0.0644. The highest BCUT2D eigenvalue weighted by Gasteiger charge is 2.61. The molecule has 0 radical (unpaired) electrons. The summed E-state index contributed by atoms with van der Waals surface area (Å²) in [6, 6.07) is 0. The Hall–Kier alpha value is -2.95. The molecule has 11 heteroatoms. The molecule has 0 heterocycles. The van der Waals surface area contributed by atoms with Gasteiger partial charge in [-0.2, -0.15) is 0 Å². The summed E-state index contributed by atoms with van der Waals surface area (Å²) < 4.78 is 30.1. The van der Waals surface area contributed by atoms with Crippen LogP contribution in [0, 0.1) is 75.9 Å². The lowest BCUT2D eigenvalue weighted by Crippen LogP contribution is -2.54. The third kappa shape index (κ3) is 21.0. The summed E-state index contributed by atoms with van der Waals surface area (Å²) in [6.45, 7) is 20.4. The molecule has 0 aliphatic heterocycles. The van der Waals surface area contributed by atoms with Crippen LogP contribution in [0.4, 0.5) is 0 Å². The number of esters is 5. The lowest BCUT2D eigenvalue weighted by atomic mass is 9.43. The predicted octanol–water partition coefficient (Wildman–Crippen LogP) is 16.0. The van der Waals surface area contributed by atoms with E-state index in [-0.39, 0.29) is 104 Å². The standard InChI is InChI=1S/C68H117NO10/c1-11-14-17-27-55-52(32-37-61(55)79-65(73)31-23-43-69(9)10)46-66(74)75-44-40-60(78-64(72)30-21-20-26-51(47-76-62(70)28-18-15-12-2)48-77-63(71)29-19-16-13-3)53-38-41-67(7)54(45-53)33-34-56-58-36-35-57(50(6)25-22-24-49(4)5)68(58,8)42-39-59(56)67/h14,17,49-61H,11-13,15-16,18-48H2,1-10H3/b17-14-/t50-,52?,53?,54?,55?,56+,57-,58+,59+,60?,61?,67+,68-/m1/s1. The zero-order chi connectivity index (χ0) is 57.4. The van der Waals surface area contributed by atoms with E-state index in [1.165, 1.54) is 57.8 Å². The zero-order valence-corrected chi connectivity index (χ0v) is 52.1. The molecule has 5 saturated carbocycles. The maximum atomic E-state index is 14.0. The normalized spacial score (nSPS) is 29.3. The average Bonchev–Trinajstić information content (AvgIpc) is 4.06. The maximum absolute atomic E-state index is 14.0. The molecule has 6 unspecified atom stereocenters. The first-order chi connectivity index (χ1) is 37.9. The predicted molar refractivity (Wildman–Crippen MR) is 317 cm³/mol. The molecule has 0 aromatic heterocycles. The molecule has 5 fully saturated rings. The Kier molecular flexibility index (Phi) is 29.3. The number of unbranched alkanes of at least 4 members (excludes halogenated alkanes) is 5. The second kappa shape index (κ2) is 34.6. The summed E-state index contributed by atoms with van der Waals surface area (Å²) in [6.07, 6.45) is 32.9. The fourth-order valence-corrected chi connectivity index (χ4v) is 16.4. The molecule has 0 bridgehead atoms. The monoisotopic (exact) mass is 1110 g/mol. The number of carbonyl (C=O) groups excluding carboxylic acids is 5. The summed E-state index contributed by atoms with van der Waals surface area (Å²) in [5, 5.41) is 0. The summed E-state index contributed by atoms with van der Waals surface area (Å²) in [4.78, 5) is 67.9. The average molecular weight is 1110 g/mol. The Balaban J connectivity index is 1.22. The first-order valence-corrected chi connectivity index (χ1v) is 33.1. The SMILES string of the molecule is CC/C=C\CC1C(CC(=O)OCCC(OC(=O)CCCCC(COC(=O)CCCCC)COC(=O)CCCCC)C2CC[C@@]3(C)C(CC[C@H]4[C@@H]5CC[C@H]([C@H](C)CCCC(C)C)[C@@]5(C)CC[C@@H]43)C2)CCC1OC(=O)CCCN(C)C. The number of rotatable bonds is 37. The van der Waals surface area contributed by atoms with Crippen LogP contribution in [0.15, 0.2) is 12.2 Å². The topological polar surface area (TPSA) is 135 Å². The van der Waals surface area contributed by atoms with E-state index in [4.69, 9.17) is 23.7 Å². The Bertz CT molecular complexity index is 1820. The van der Waals surface area contributed by atoms with Gasteiger partial charge in [0.05, 0.1) is 19.8 Å². The smallest absolute Gasteiger partial charge is 0.306 e. The quantitative estimate of drug-likeness (QED) is 0.0255. The van der Waals surface area contributed by atoms with Gasteiger partial charge in [-0.05, 0) is 200 Å². The van der Waals surface area contributed by atoms with Gasteiger partial charge >= 0.3 is 29.8 Å². The maximum Gasteiger partial charge on any atom is 0.306 e. The van der Waals surface area contributed by atoms with E-state index in [9.17, 15) is 24.0 Å². The molecular formula is C68H117NO10. The fraction of sp³-hybridized carbons (Fsp3) is 0.897. The number of allylic oxidation sites excluding steroid dienone is 2. The van der Waals surface area contributed by atoms with Gasteiger partial charge in [-0.3, -0.25) is 24.0 Å². The number of carbonyl (C=O) groups is 5. The van der Waals surface area contributed by atoms with Crippen molar-refractivity contribution in [3.05, 3.63) is 12.2 Å². The highest BCUT2D eigenvalue weighted by atomic mass is 16.6. The van der Waals surface area contributed by atoms with Crippen molar-refractivity contribution < 1.29 is 47.7 Å². The number of hydrogen-bond acceptors (Lipinski definition) is 11. The summed E-state index contributed by atoms with van der Waals surface area (Å²) in [7, 11) is 4.01. The van der Waals surface area contributed by atoms with Gasteiger partial charge in [0.2, 0.25) is 0 Å². The highest BCUT2D eigenvalue weighted by Crippen LogP contribution is 2.69. The summed E-state index contributed by atoms with van der Waals surface area (Å²) in [5.74, 6) is 4.56. The van der Waals surface area contributed by atoms with Gasteiger partial charge < -0.3 is 28.6 Å². The van der Waals surface area contributed by atoms with E-state index in [0.29, 0.717) is 56.3 Å². The lowest BCUT2D eigenvalue weighted by Gasteiger charge is -2.61. The first kappa shape index (κ1) is 66.8. The number of hydrogen-bond donors (Lipinski definition) is 0. The van der Waals surface area contributed by atoms with Gasteiger partial charge in [0, 0.05) is 50.4 Å². The molecule has 5 aliphatic rings. The summed E-state index contributed by atoms with van der Waals surface area (Å²) >= 11 is 0. The van der Waals surface area contributed by atoms with Gasteiger partial charge in [0.15, 0.2) is 0 Å². The molecule has 0 amide bonds. The second-order valence-electron chi connectivity index (χ2n) is 27.4. The van der Waals surface area contributed by atoms with Crippen molar-refractivity contribution in [1.82, 2.24) is 4.90 Å². The van der Waals surface area contributed by atoms with Crippen LogP contribution in [-0.4, -0.2) is 87.4 Å². The van der Waals surface area contributed by atoms with Gasteiger partial charge in [-0.15, -0.1) is 0 Å². The van der Waals surface area contributed by atoms with Gasteiger partial charge in [-0.1, -0.05) is 119 Å². The van der Waals surface area contributed by atoms with Gasteiger partial charge in [-0.25, -0.2) is 0 Å². The molecule has 0 spiro atoms. The Morgan fingerprint density at radius 1 is 0.608 bits per heavy atom. The van der Waals surface area contributed by atoms with Crippen molar-refractivity contribution in [3.8, 4) is 0 Å². The van der Waals surface area contributed by atoms with Crippen molar-refractivity contribution in [2.24, 2.45) is 75.9 Å². The second-order valence-corrected chi connectivity index (χ2v) is 27.4. The van der Waals surface area contributed by atoms with Crippen molar-refractivity contribution in [1.29, 1.82) is 0 Å². The number of fused-ring (bicyclic) bond motifs is 5. The molecule has 11 nitrogen and oxygen atoms in total. The van der Waals surface area contributed by atoms with E-state index >= 15 is 0 Å². The number of ether oxygens (including phenoxy) is 5. The minimum Gasteiger partial charge on any atom is -0.466 e. The largest absolute Gasteiger partial charge is 0.466 e. The van der Waals surface area contributed by atoms with Gasteiger partial charge in [0.1, 0.15) is 12.2 Å². The molecule has 13 atom stereocenters. The third-order valence-electron chi connectivity index (χ3n) is 21.0. The molecule has 454 valence electrons. The van der Waals surface area contributed by atoms with Crippen LogP contribution in [0.25, 0.3) is 0 Å². The van der Waals surface area contributed by atoms with Crippen LogP contribution in [0.5, 0.6) is 0 Å². The van der Waals surface area contributed by atoms with Crippen molar-refractivity contribution in [3.63, 3.8) is 0 Å². The van der Waals surface area contributed by atoms with Gasteiger partial charge in [0.25, 0.3) is 0 Å². The van der Waals surface area contributed by atoms with Crippen LogP contribution in [0.2, 0.25) is 0 Å². The molecule has 0 N–H and O–H groups in total. The Labute approximate surface area is 482 Å². The van der Waals surface area contributed by atoms with Crippen LogP contribution in [0.3, 0.4) is 0 Å². The van der Waals surface area contributed by atoms with Crippen molar-refractivity contribution in [2.75, 3.05) is 40.5 Å². The van der Waals surface area contributed by atoms with Crippen LogP contribution in [-0.2, 0) is 47.7 Å². The molecule has 5 rings (SSSR count). The third-order valence-corrected chi connectivity index (χ3v) is 21.0. The first-order valence-electron chi connectivity index (χ1n) is 33.1. The van der Waals surface area contributed by atoms with E-state index < -0.39 is 0 Å². The Morgan fingerprint density at radius 3 is 1.94 bits per heavy atom. The summed E-state index contributed by atoms with van der Waals surface area (Å²) in [5.41, 5.74) is 0.748. The lowest BCUT2D eigenvalue weighted by molar-refractivity contribution is -0.161. The molecule has 0 aromatic rings. The van der Waals surface area contributed by atoms with E-state index in [1.54, 1.807) is 0 Å². The van der Waals surface area contributed by atoms with E-state index in [0.717, 1.165) is 132 Å². The molecular weight excluding hydrogens is 991 g/mol. The molecule has 79 heavy (non-hydrogen) atoms. The molecule has 0 aromatic carbocycles. The van der Waals surface area contributed by atoms with Crippen LogP contribution in [0.1, 0.15) is 261 Å².